The first-order chi connectivity index (χ1) is 11.0. The number of hydrogen-bond donors (Lipinski definition) is 1. The third-order valence-corrected chi connectivity index (χ3v) is 5.27. The predicted octanol–water partition coefficient (Wildman–Crippen LogP) is 1.77. The number of benzene rings is 1. The van der Waals surface area contributed by atoms with Crippen LogP contribution in [0.4, 0.5) is 0 Å². The van der Waals surface area contributed by atoms with E-state index in [-0.39, 0.29) is 17.3 Å². The number of carbonyl (C=O) groups is 1. The summed E-state index contributed by atoms with van der Waals surface area (Å²) in [6.45, 7) is 3.75. The molecule has 0 radical (unpaired) electrons. The van der Waals surface area contributed by atoms with E-state index in [1.807, 2.05) is 6.92 Å². The predicted molar refractivity (Wildman–Crippen MR) is 87.8 cm³/mol. The molecule has 1 N–H and O–H groups in total. The number of rotatable bonds is 7. The van der Waals surface area contributed by atoms with Gasteiger partial charge in [0.1, 0.15) is 5.75 Å². The van der Waals surface area contributed by atoms with Crippen molar-refractivity contribution >= 4 is 15.9 Å². The van der Waals surface area contributed by atoms with Crippen LogP contribution in [-0.4, -0.2) is 45.5 Å². The first kappa shape index (κ1) is 17.7. The lowest BCUT2D eigenvalue weighted by Crippen LogP contribution is -2.38. The second-order valence-corrected chi connectivity index (χ2v) is 7.26. The van der Waals surface area contributed by atoms with E-state index in [2.05, 4.69) is 4.72 Å². The number of nitrogens with zero attached hydrogens (tertiary/aromatic N) is 1. The topological polar surface area (TPSA) is 75.7 Å². The van der Waals surface area contributed by atoms with Crippen molar-refractivity contribution in [2.45, 2.75) is 37.5 Å². The van der Waals surface area contributed by atoms with Crippen LogP contribution in [0.3, 0.4) is 0 Å². The quantitative estimate of drug-likeness (QED) is 0.821. The molecule has 0 spiro atoms. The maximum Gasteiger partial charge on any atom is 0.240 e. The fourth-order valence-electron chi connectivity index (χ4n) is 2.55. The summed E-state index contributed by atoms with van der Waals surface area (Å²) in [4.78, 5) is 13.8. The van der Waals surface area contributed by atoms with Gasteiger partial charge < -0.3 is 9.64 Å². The zero-order valence-electron chi connectivity index (χ0n) is 13.5. The van der Waals surface area contributed by atoms with Gasteiger partial charge in [-0.2, -0.15) is 0 Å². The second-order valence-electron chi connectivity index (χ2n) is 5.49. The molecule has 0 bridgehead atoms. The molecule has 0 atom stereocenters. The lowest BCUT2D eigenvalue weighted by atomic mass is 10.2. The summed E-state index contributed by atoms with van der Waals surface area (Å²) in [6, 6.07) is 6.31. The summed E-state index contributed by atoms with van der Waals surface area (Å²) in [5.41, 5.74) is 0. The molecule has 1 aliphatic heterocycles. The molecule has 1 fully saturated rings. The molecule has 6 nitrogen and oxygen atoms in total. The first-order valence-electron chi connectivity index (χ1n) is 8.03. The van der Waals surface area contributed by atoms with Gasteiger partial charge in [-0.25, -0.2) is 13.1 Å². The van der Waals surface area contributed by atoms with Crippen molar-refractivity contribution in [3.63, 3.8) is 0 Å². The Morgan fingerprint density at radius 2 is 1.91 bits per heavy atom. The van der Waals surface area contributed by atoms with Crippen LogP contribution >= 0.6 is 0 Å². The lowest BCUT2D eigenvalue weighted by Gasteiger charge is -2.20. The molecule has 0 aliphatic carbocycles. The van der Waals surface area contributed by atoms with Gasteiger partial charge in [-0.3, -0.25) is 4.79 Å². The number of sulfonamides is 1. The van der Waals surface area contributed by atoms with Crippen LogP contribution in [0, 0.1) is 0 Å². The summed E-state index contributed by atoms with van der Waals surface area (Å²) >= 11 is 0. The summed E-state index contributed by atoms with van der Waals surface area (Å²) in [7, 11) is -3.56. The van der Waals surface area contributed by atoms with Gasteiger partial charge in [0, 0.05) is 26.1 Å². The molecule has 1 aromatic rings. The molecule has 0 aromatic heterocycles. The van der Waals surface area contributed by atoms with Crippen molar-refractivity contribution in [2.75, 3.05) is 26.2 Å². The van der Waals surface area contributed by atoms with Gasteiger partial charge in [0.25, 0.3) is 0 Å². The Bertz CT molecular complexity index is 613. The number of carbonyl (C=O) groups excluding carboxylic acids is 1. The molecular formula is C16H24N2O4S. The van der Waals surface area contributed by atoms with Crippen LogP contribution in [0.5, 0.6) is 5.75 Å². The normalized spacial score (nSPS) is 16.2. The van der Waals surface area contributed by atoms with Crippen LogP contribution in [0.25, 0.3) is 0 Å². The molecule has 0 unspecified atom stereocenters. The molecule has 1 saturated heterocycles. The van der Waals surface area contributed by atoms with Crippen LogP contribution in [0.2, 0.25) is 0 Å². The highest BCUT2D eigenvalue weighted by molar-refractivity contribution is 7.89. The Kier molecular flexibility index (Phi) is 6.41. The zero-order valence-corrected chi connectivity index (χ0v) is 14.3. The minimum absolute atomic E-state index is 0.114. The molecule has 1 aliphatic rings. The van der Waals surface area contributed by atoms with E-state index in [1.54, 1.807) is 17.0 Å². The Morgan fingerprint density at radius 3 is 2.61 bits per heavy atom. The number of hydrogen-bond acceptors (Lipinski definition) is 4. The fraction of sp³-hybridized carbons (Fsp3) is 0.562. The fourth-order valence-corrected chi connectivity index (χ4v) is 3.58. The van der Waals surface area contributed by atoms with Crippen molar-refractivity contribution < 1.29 is 17.9 Å². The van der Waals surface area contributed by atoms with Crippen LogP contribution in [-0.2, 0) is 14.8 Å². The monoisotopic (exact) mass is 340 g/mol. The largest absolute Gasteiger partial charge is 0.494 e. The maximum atomic E-state index is 12.2. The number of nitrogens with one attached hydrogen (secondary N) is 1. The van der Waals surface area contributed by atoms with Crippen molar-refractivity contribution in [1.29, 1.82) is 0 Å². The van der Waals surface area contributed by atoms with E-state index in [9.17, 15) is 13.2 Å². The van der Waals surface area contributed by atoms with Crippen molar-refractivity contribution in [3.8, 4) is 5.75 Å². The minimum atomic E-state index is -3.56. The lowest BCUT2D eigenvalue weighted by molar-refractivity contribution is -0.130. The molecule has 7 heteroatoms. The van der Waals surface area contributed by atoms with Gasteiger partial charge in [0.2, 0.25) is 15.9 Å². The Labute approximate surface area is 137 Å². The second kappa shape index (κ2) is 8.31. The Hall–Kier alpha value is -1.60. The molecule has 0 saturated carbocycles. The van der Waals surface area contributed by atoms with Crippen LogP contribution in [0.15, 0.2) is 29.2 Å². The molecule has 2 rings (SSSR count). The summed E-state index contributed by atoms with van der Waals surface area (Å²) in [5, 5.41) is 0. The smallest absolute Gasteiger partial charge is 0.240 e. The Balaban J connectivity index is 1.89. The number of ether oxygens (including phenoxy) is 1. The molecule has 1 amide bonds. The minimum Gasteiger partial charge on any atom is -0.494 e. The SMILES string of the molecule is CCOc1ccc(S(=O)(=O)NCCN2CCCCCC2=O)cc1. The molecule has 128 valence electrons. The summed E-state index contributed by atoms with van der Waals surface area (Å²) in [6.07, 6.45) is 3.52. The van der Waals surface area contributed by atoms with Gasteiger partial charge in [-0.05, 0) is 44.0 Å². The number of amides is 1. The third-order valence-electron chi connectivity index (χ3n) is 3.79. The zero-order chi connectivity index (χ0) is 16.7. The summed E-state index contributed by atoms with van der Waals surface area (Å²) < 4.78 is 32.3. The average molecular weight is 340 g/mol. The van der Waals surface area contributed by atoms with E-state index < -0.39 is 10.0 Å². The van der Waals surface area contributed by atoms with Gasteiger partial charge in [0.15, 0.2) is 0 Å². The van der Waals surface area contributed by atoms with E-state index >= 15 is 0 Å². The van der Waals surface area contributed by atoms with Gasteiger partial charge in [-0.15, -0.1) is 0 Å². The van der Waals surface area contributed by atoms with Gasteiger partial charge >= 0.3 is 0 Å². The van der Waals surface area contributed by atoms with Crippen molar-refractivity contribution in [3.05, 3.63) is 24.3 Å². The van der Waals surface area contributed by atoms with Crippen LogP contribution < -0.4 is 9.46 Å². The van der Waals surface area contributed by atoms with E-state index in [0.717, 1.165) is 19.3 Å². The number of likely N-dealkylation sites (tertiary alicyclic amines) is 1. The van der Waals surface area contributed by atoms with E-state index in [0.29, 0.717) is 31.9 Å². The highest BCUT2D eigenvalue weighted by Crippen LogP contribution is 2.16. The maximum absolute atomic E-state index is 12.2. The highest BCUT2D eigenvalue weighted by atomic mass is 32.2. The molecular weight excluding hydrogens is 316 g/mol. The molecule has 1 heterocycles. The van der Waals surface area contributed by atoms with Crippen LogP contribution in [0.1, 0.15) is 32.6 Å². The van der Waals surface area contributed by atoms with Crippen molar-refractivity contribution in [1.82, 2.24) is 9.62 Å². The van der Waals surface area contributed by atoms with E-state index in [4.69, 9.17) is 4.74 Å². The summed E-state index contributed by atoms with van der Waals surface area (Å²) in [5.74, 6) is 0.754. The average Bonchev–Trinajstić information content (AvgIpc) is 2.73. The van der Waals surface area contributed by atoms with Gasteiger partial charge in [0.05, 0.1) is 11.5 Å². The highest BCUT2D eigenvalue weighted by Gasteiger charge is 2.18. The third kappa shape index (κ3) is 5.21. The van der Waals surface area contributed by atoms with E-state index in [1.165, 1.54) is 12.1 Å². The standard InChI is InChI=1S/C16H24N2O4S/c1-2-22-14-7-9-15(10-8-14)23(20,21)17-11-13-18-12-5-3-4-6-16(18)19/h7-10,17H,2-6,11-13H2,1H3. The Morgan fingerprint density at radius 1 is 1.17 bits per heavy atom. The molecule has 23 heavy (non-hydrogen) atoms. The molecule has 1 aromatic carbocycles. The van der Waals surface area contributed by atoms with Crippen molar-refractivity contribution in [2.24, 2.45) is 0 Å². The van der Waals surface area contributed by atoms with Gasteiger partial charge in [-0.1, -0.05) is 6.42 Å². The first-order valence-corrected chi connectivity index (χ1v) is 9.51.